The highest BCUT2D eigenvalue weighted by atomic mass is 16.3. The molecule has 17 heavy (non-hydrogen) atoms. The number of likely N-dealkylation sites (tertiary alicyclic amines) is 1. The molecule has 2 unspecified atom stereocenters. The molecule has 0 saturated carbocycles. The Bertz CT molecular complexity index is 219. The molecular formula is C13H27N3O. The lowest BCUT2D eigenvalue weighted by Crippen LogP contribution is -2.48. The van der Waals surface area contributed by atoms with E-state index in [1.54, 1.807) is 0 Å². The topological polar surface area (TPSA) is 38.7 Å². The van der Waals surface area contributed by atoms with Crippen LogP contribution in [0.25, 0.3) is 0 Å². The van der Waals surface area contributed by atoms with E-state index in [1.165, 1.54) is 25.9 Å². The second kappa shape index (κ2) is 6.69. The molecule has 0 aromatic heterocycles. The number of piperazine rings is 1. The summed E-state index contributed by atoms with van der Waals surface area (Å²) in [5.41, 5.74) is 0. The Morgan fingerprint density at radius 2 is 1.88 bits per heavy atom. The molecule has 0 aromatic carbocycles. The molecule has 100 valence electrons. The molecule has 0 radical (unpaired) electrons. The first kappa shape index (κ1) is 13.3. The highest BCUT2D eigenvalue weighted by Gasteiger charge is 2.23. The van der Waals surface area contributed by atoms with Crippen LogP contribution in [0.15, 0.2) is 0 Å². The SMILES string of the molecule is CCC1CCN(CC(O)CN2CCNCC2)C1. The fourth-order valence-corrected chi connectivity index (χ4v) is 2.96. The van der Waals surface area contributed by atoms with Crippen LogP contribution in [0.5, 0.6) is 0 Å². The van der Waals surface area contributed by atoms with Gasteiger partial charge in [-0.3, -0.25) is 4.90 Å². The summed E-state index contributed by atoms with van der Waals surface area (Å²) >= 11 is 0. The maximum atomic E-state index is 10.1. The fraction of sp³-hybridized carbons (Fsp3) is 1.00. The summed E-state index contributed by atoms with van der Waals surface area (Å²) < 4.78 is 0. The molecule has 2 fully saturated rings. The smallest absolute Gasteiger partial charge is 0.0793 e. The standard InChI is InChI=1S/C13H27N3O/c1-2-12-3-6-16(9-12)11-13(17)10-15-7-4-14-5-8-15/h12-14,17H,2-11H2,1H3. The van der Waals surface area contributed by atoms with Crippen LogP contribution < -0.4 is 5.32 Å². The highest BCUT2D eigenvalue weighted by Crippen LogP contribution is 2.19. The average Bonchev–Trinajstić information content (AvgIpc) is 2.78. The lowest BCUT2D eigenvalue weighted by molar-refractivity contribution is 0.0754. The molecule has 2 atom stereocenters. The van der Waals surface area contributed by atoms with Crippen molar-refractivity contribution in [1.29, 1.82) is 0 Å². The Labute approximate surface area is 105 Å². The van der Waals surface area contributed by atoms with Gasteiger partial charge in [-0.1, -0.05) is 13.3 Å². The molecule has 0 aliphatic carbocycles. The number of nitrogens with one attached hydrogen (secondary N) is 1. The van der Waals surface area contributed by atoms with E-state index in [4.69, 9.17) is 0 Å². The van der Waals surface area contributed by atoms with Gasteiger partial charge in [-0.25, -0.2) is 0 Å². The van der Waals surface area contributed by atoms with Crippen molar-refractivity contribution in [2.45, 2.75) is 25.9 Å². The van der Waals surface area contributed by atoms with E-state index in [2.05, 4.69) is 22.0 Å². The zero-order valence-corrected chi connectivity index (χ0v) is 11.1. The van der Waals surface area contributed by atoms with Crippen LogP contribution in [0, 0.1) is 5.92 Å². The van der Waals surface area contributed by atoms with E-state index in [0.717, 1.165) is 45.2 Å². The number of aliphatic hydroxyl groups excluding tert-OH is 1. The number of β-amino-alcohol motifs (C(OH)–C–C–N with tert-alkyl or cyclic N) is 1. The summed E-state index contributed by atoms with van der Waals surface area (Å²) in [5.74, 6) is 0.862. The number of hydrogen-bond acceptors (Lipinski definition) is 4. The van der Waals surface area contributed by atoms with Crippen LogP contribution in [0.2, 0.25) is 0 Å². The first-order valence-corrected chi connectivity index (χ1v) is 7.11. The minimum atomic E-state index is -0.177. The van der Waals surface area contributed by atoms with Crippen molar-refractivity contribution < 1.29 is 5.11 Å². The van der Waals surface area contributed by atoms with Crippen LogP contribution in [-0.2, 0) is 0 Å². The molecular weight excluding hydrogens is 214 g/mol. The lowest BCUT2D eigenvalue weighted by Gasteiger charge is -2.30. The molecule has 4 nitrogen and oxygen atoms in total. The molecule has 2 rings (SSSR count). The third-order valence-electron chi connectivity index (χ3n) is 4.09. The quantitative estimate of drug-likeness (QED) is 0.710. The Kier molecular flexibility index (Phi) is 5.22. The fourth-order valence-electron chi connectivity index (χ4n) is 2.96. The number of hydrogen-bond donors (Lipinski definition) is 2. The predicted molar refractivity (Wildman–Crippen MR) is 70.2 cm³/mol. The molecule has 2 aliphatic heterocycles. The number of nitrogens with zero attached hydrogens (tertiary/aromatic N) is 2. The molecule has 2 saturated heterocycles. The molecule has 2 heterocycles. The van der Waals surface area contributed by atoms with E-state index in [-0.39, 0.29) is 6.10 Å². The van der Waals surface area contributed by atoms with E-state index < -0.39 is 0 Å². The van der Waals surface area contributed by atoms with Gasteiger partial charge >= 0.3 is 0 Å². The van der Waals surface area contributed by atoms with Gasteiger partial charge in [-0.2, -0.15) is 0 Å². The Hall–Kier alpha value is -0.160. The molecule has 2 N–H and O–H groups in total. The second-order valence-corrected chi connectivity index (χ2v) is 5.53. The van der Waals surface area contributed by atoms with Gasteiger partial charge < -0.3 is 15.3 Å². The van der Waals surface area contributed by atoms with Gasteiger partial charge in [0.25, 0.3) is 0 Å². The average molecular weight is 241 g/mol. The first-order chi connectivity index (χ1) is 8.28. The maximum absolute atomic E-state index is 10.1. The van der Waals surface area contributed by atoms with Crippen LogP contribution >= 0.6 is 0 Å². The summed E-state index contributed by atoms with van der Waals surface area (Å²) in [4.78, 5) is 4.80. The van der Waals surface area contributed by atoms with Gasteiger partial charge in [-0.05, 0) is 18.9 Å². The molecule has 0 spiro atoms. The minimum absolute atomic E-state index is 0.177. The number of aliphatic hydroxyl groups is 1. The molecule has 0 bridgehead atoms. The van der Waals surface area contributed by atoms with Gasteiger partial charge in [0.05, 0.1) is 6.10 Å². The molecule has 0 amide bonds. The summed E-state index contributed by atoms with van der Waals surface area (Å²) in [6, 6.07) is 0. The Balaban J connectivity index is 1.64. The summed E-state index contributed by atoms with van der Waals surface area (Å²) in [6.45, 7) is 10.6. The van der Waals surface area contributed by atoms with E-state index in [1.807, 2.05) is 0 Å². The van der Waals surface area contributed by atoms with Crippen LogP contribution in [0.4, 0.5) is 0 Å². The van der Waals surface area contributed by atoms with Crippen molar-refractivity contribution >= 4 is 0 Å². The lowest BCUT2D eigenvalue weighted by atomic mass is 10.1. The zero-order valence-electron chi connectivity index (χ0n) is 11.1. The van der Waals surface area contributed by atoms with Gasteiger partial charge in [0.1, 0.15) is 0 Å². The van der Waals surface area contributed by atoms with Gasteiger partial charge in [0.15, 0.2) is 0 Å². The first-order valence-electron chi connectivity index (χ1n) is 7.11. The summed E-state index contributed by atoms with van der Waals surface area (Å²) in [5, 5.41) is 13.5. The third kappa shape index (κ3) is 4.21. The van der Waals surface area contributed by atoms with Crippen molar-refractivity contribution in [3.8, 4) is 0 Å². The third-order valence-corrected chi connectivity index (χ3v) is 4.09. The molecule has 0 aromatic rings. The van der Waals surface area contributed by atoms with Crippen LogP contribution in [-0.4, -0.2) is 73.4 Å². The second-order valence-electron chi connectivity index (χ2n) is 5.53. The largest absolute Gasteiger partial charge is 0.390 e. The van der Waals surface area contributed by atoms with Crippen molar-refractivity contribution in [2.75, 3.05) is 52.4 Å². The number of rotatable bonds is 5. The predicted octanol–water partition coefficient (Wildman–Crippen LogP) is -0.0156. The van der Waals surface area contributed by atoms with Crippen LogP contribution in [0.1, 0.15) is 19.8 Å². The molecule has 4 heteroatoms. The normalized spacial score (nSPS) is 29.6. The Morgan fingerprint density at radius 3 is 2.53 bits per heavy atom. The van der Waals surface area contributed by atoms with E-state index in [9.17, 15) is 5.11 Å². The van der Waals surface area contributed by atoms with E-state index >= 15 is 0 Å². The Morgan fingerprint density at radius 1 is 1.18 bits per heavy atom. The summed E-state index contributed by atoms with van der Waals surface area (Å²) in [6.07, 6.45) is 2.42. The van der Waals surface area contributed by atoms with Gasteiger partial charge in [0.2, 0.25) is 0 Å². The van der Waals surface area contributed by atoms with Crippen molar-refractivity contribution in [3.05, 3.63) is 0 Å². The van der Waals surface area contributed by atoms with E-state index in [0.29, 0.717) is 0 Å². The summed E-state index contributed by atoms with van der Waals surface area (Å²) in [7, 11) is 0. The molecule has 2 aliphatic rings. The van der Waals surface area contributed by atoms with Gasteiger partial charge in [-0.15, -0.1) is 0 Å². The van der Waals surface area contributed by atoms with Crippen molar-refractivity contribution in [2.24, 2.45) is 5.92 Å². The maximum Gasteiger partial charge on any atom is 0.0793 e. The zero-order chi connectivity index (χ0) is 12.1. The van der Waals surface area contributed by atoms with Crippen molar-refractivity contribution in [3.63, 3.8) is 0 Å². The minimum Gasteiger partial charge on any atom is -0.390 e. The van der Waals surface area contributed by atoms with Crippen LogP contribution in [0.3, 0.4) is 0 Å². The highest BCUT2D eigenvalue weighted by molar-refractivity contribution is 4.78. The van der Waals surface area contributed by atoms with Crippen molar-refractivity contribution in [1.82, 2.24) is 15.1 Å². The van der Waals surface area contributed by atoms with Gasteiger partial charge in [0, 0.05) is 45.8 Å². The monoisotopic (exact) mass is 241 g/mol.